The van der Waals surface area contributed by atoms with E-state index in [1.165, 1.54) is 16.2 Å². The summed E-state index contributed by atoms with van der Waals surface area (Å²) in [5.74, 6) is -0.0997. The molecule has 0 atom stereocenters. The van der Waals surface area contributed by atoms with Gasteiger partial charge in [0.05, 0.1) is 23.5 Å². The van der Waals surface area contributed by atoms with Gasteiger partial charge in [0.15, 0.2) is 4.77 Å². The minimum atomic E-state index is -0.126. The first-order valence-electron chi connectivity index (χ1n) is 8.18. The summed E-state index contributed by atoms with van der Waals surface area (Å²) in [6.45, 7) is 6.27. The Kier molecular flexibility index (Phi) is 5.38. The molecule has 0 unspecified atom stereocenters. The second-order valence-electron chi connectivity index (χ2n) is 6.30. The third-order valence-corrected chi connectivity index (χ3v) is 5.93. The van der Waals surface area contributed by atoms with Gasteiger partial charge in [-0.2, -0.15) is 0 Å². The Bertz CT molecular complexity index is 906. The molecule has 0 aromatic carbocycles. The fourth-order valence-corrected chi connectivity index (χ4v) is 4.49. The van der Waals surface area contributed by atoms with Crippen LogP contribution in [0, 0.1) is 11.7 Å². The van der Waals surface area contributed by atoms with Crippen LogP contribution in [0.3, 0.4) is 0 Å². The van der Waals surface area contributed by atoms with Crippen molar-refractivity contribution < 1.29 is 9.53 Å². The molecule has 136 valence electrons. The number of aromatic nitrogens is 2. The highest BCUT2D eigenvalue weighted by molar-refractivity contribution is 7.71. The topological polar surface area (TPSA) is 70.6 Å². The number of nitrogens with one attached hydrogen (secondary N) is 1. The lowest BCUT2D eigenvalue weighted by Gasteiger charge is -2.26. The molecule has 1 saturated heterocycles. The van der Waals surface area contributed by atoms with Crippen molar-refractivity contribution in [2.45, 2.75) is 13.5 Å². The Balaban J connectivity index is 1.97. The molecule has 0 bridgehead atoms. The molecule has 0 saturated carbocycles. The molecule has 0 aliphatic carbocycles. The fourth-order valence-electron chi connectivity index (χ4n) is 2.93. The molecule has 3 rings (SSSR count). The average Bonchev–Trinajstić information content (AvgIpc) is 2.91. The van der Waals surface area contributed by atoms with Gasteiger partial charge >= 0.3 is 0 Å². The van der Waals surface area contributed by atoms with E-state index in [4.69, 9.17) is 17.0 Å². The van der Waals surface area contributed by atoms with E-state index >= 15 is 0 Å². The van der Waals surface area contributed by atoms with Crippen molar-refractivity contribution in [3.63, 3.8) is 0 Å². The number of hydrogen-bond donors (Lipinski definition) is 1. The van der Waals surface area contributed by atoms with Gasteiger partial charge in [-0.25, -0.2) is 0 Å². The lowest BCUT2D eigenvalue weighted by molar-refractivity contribution is 0.0362. The molecule has 25 heavy (non-hydrogen) atoms. The van der Waals surface area contributed by atoms with Crippen LogP contribution in [0.4, 0.5) is 0 Å². The number of rotatable bonds is 4. The first kappa shape index (κ1) is 18.2. The van der Waals surface area contributed by atoms with Gasteiger partial charge in [0.2, 0.25) is 0 Å². The lowest BCUT2D eigenvalue weighted by atomic mass is 10.2. The molecule has 1 aliphatic heterocycles. The molecule has 0 spiro atoms. The number of carbonyl (C=O) groups is 1. The summed E-state index contributed by atoms with van der Waals surface area (Å²) in [6.07, 6.45) is 0. The summed E-state index contributed by atoms with van der Waals surface area (Å²) in [5, 5.41) is 0.561. The molecule has 1 aliphatic rings. The van der Waals surface area contributed by atoms with E-state index < -0.39 is 0 Å². The molecule has 2 aromatic heterocycles. The van der Waals surface area contributed by atoms with E-state index in [0.717, 1.165) is 38.4 Å². The van der Waals surface area contributed by atoms with E-state index in [1.807, 2.05) is 6.92 Å². The number of aryl methyl sites for hydroxylation is 1. The van der Waals surface area contributed by atoms with Crippen LogP contribution in [0.2, 0.25) is 0 Å². The first-order chi connectivity index (χ1) is 11.9. The van der Waals surface area contributed by atoms with Crippen molar-refractivity contribution in [2.24, 2.45) is 0 Å². The zero-order chi connectivity index (χ0) is 18.1. The number of amides is 1. The minimum absolute atomic E-state index is 0.0997. The van der Waals surface area contributed by atoms with Crippen molar-refractivity contribution in [3.05, 3.63) is 25.6 Å². The third-order valence-electron chi connectivity index (χ3n) is 4.42. The highest BCUT2D eigenvalue weighted by Crippen LogP contribution is 2.27. The third kappa shape index (κ3) is 3.55. The zero-order valence-electron chi connectivity index (χ0n) is 14.6. The minimum Gasteiger partial charge on any atom is -0.379 e. The Morgan fingerprint density at radius 2 is 2.00 bits per heavy atom. The largest absolute Gasteiger partial charge is 0.379 e. The smallest absolute Gasteiger partial charge is 0.263 e. The standard InChI is InChI=1S/C16H22N4O3S2/c1-10-11-13(25-12(10)15(22)18(2)3)17-16(24)20(14(11)21)5-4-19-6-8-23-9-7-19/h4-9H2,1-3H3,(H,17,24). The predicted octanol–water partition coefficient (Wildman–Crippen LogP) is 1.46. The van der Waals surface area contributed by atoms with Crippen LogP contribution in [-0.4, -0.2) is 72.2 Å². The summed E-state index contributed by atoms with van der Waals surface area (Å²) < 4.78 is 7.34. The molecule has 1 N–H and O–H groups in total. The van der Waals surface area contributed by atoms with Crippen LogP contribution in [0.15, 0.2) is 4.79 Å². The van der Waals surface area contributed by atoms with Crippen molar-refractivity contribution in [3.8, 4) is 0 Å². The normalized spacial score (nSPS) is 15.6. The summed E-state index contributed by atoms with van der Waals surface area (Å²) in [6, 6.07) is 0. The molecule has 9 heteroatoms. The van der Waals surface area contributed by atoms with E-state index in [-0.39, 0.29) is 11.5 Å². The summed E-state index contributed by atoms with van der Waals surface area (Å²) >= 11 is 6.67. The molecular formula is C16H22N4O3S2. The first-order valence-corrected chi connectivity index (χ1v) is 9.40. The number of aromatic amines is 1. The SMILES string of the molecule is Cc1c(C(=O)N(C)C)sc2[nH]c(=S)n(CCN3CCOCC3)c(=O)c12. The van der Waals surface area contributed by atoms with Crippen molar-refractivity contribution in [1.29, 1.82) is 0 Å². The predicted molar refractivity (Wildman–Crippen MR) is 101 cm³/mol. The average molecular weight is 383 g/mol. The Labute approximate surface area is 154 Å². The van der Waals surface area contributed by atoms with Crippen LogP contribution in [0.25, 0.3) is 10.2 Å². The van der Waals surface area contributed by atoms with Gasteiger partial charge in [-0.1, -0.05) is 0 Å². The quantitative estimate of drug-likeness (QED) is 0.811. The molecule has 1 amide bonds. The summed E-state index contributed by atoms with van der Waals surface area (Å²) in [5.41, 5.74) is 0.591. The highest BCUT2D eigenvalue weighted by atomic mass is 32.1. The number of carbonyl (C=O) groups excluding carboxylic acids is 1. The summed E-state index contributed by atoms with van der Waals surface area (Å²) in [7, 11) is 3.41. The molecule has 2 aromatic rings. The maximum atomic E-state index is 13.0. The van der Waals surface area contributed by atoms with Crippen LogP contribution in [0.5, 0.6) is 0 Å². The fraction of sp³-hybridized carbons (Fsp3) is 0.562. The van der Waals surface area contributed by atoms with Crippen molar-refractivity contribution >= 4 is 39.7 Å². The summed E-state index contributed by atoms with van der Waals surface area (Å²) in [4.78, 5) is 33.4. The van der Waals surface area contributed by atoms with Gasteiger partial charge in [0.25, 0.3) is 11.5 Å². The van der Waals surface area contributed by atoms with Gasteiger partial charge in [-0.3, -0.25) is 19.1 Å². The van der Waals surface area contributed by atoms with Crippen LogP contribution < -0.4 is 5.56 Å². The number of H-pyrrole nitrogens is 1. The Hall–Kier alpha value is -1.55. The number of nitrogens with zero attached hydrogens (tertiary/aromatic N) is 3. The van der Waals surface area contributed by atoms with E-state index in [1.54, 1.807) is 18.7 Å². The molecule has 1 fully saturated rings. The molecule has 3 heterocycles. The monoisotopic (exact) mass is 382 g/mol. The van der Waals surface area contributed by atoms with E-state index in [0.29, 0.717) is 26.4 Å². The van der Waals surface area contributed by atoms with Crippen LogP contribution >= 0.6 is 23.6 Å². The Morgan fingerprint density at radius 3 is 2.64 bits per heavy atom. The number of thiophene rings is 1. The number of morpholine rings is 1. The van der Waals surface area contributed by atoms with Crippen molar-refractivity contribution in [2.75, 3.05) is 46.9 Å². The van der Waals surface area contributed by atoms with Gasteiger partial charge in [0.1, 0.15) is 4.83 Å². The maximum Gasteiger partial charge on any atom is 0.263 e. The molecule has 7 nitrogen and oxygen atoms in total. The van der Waals surface area contributed by atoms with Gasteiger partial charge in [-0.15, -0.1) is 11.3 Å². The number of hydrogen-bond acceptors (Lipinski definition) is 6. The van der Waals surface area contributed by atoms with E-state index in [2.05, 4.69) is 9.88 Å². The van der Waals surface area contributed by atoms with Crippen molar-refractivity contribution in [1.82, 2.24) is 19.4 Å². The number of fused-ring (bicyclic) bond motifs is 1. The molecular weight excluding hydrogens is 360 g/mol. The zero-order valence-corrected chi connectivity index (χ0v) is 16.3. The highest BCUT2D eigenvalue weighted by Gasteiger charge is 2.21. The molecule has 0 radical (unpaired) electrons. The second kappa shape index (κ2) is 7.36. The Morgan fingerprint density at radius 1 is 1.32 bits per heavy atom. The second-order valence-corrected chi connectivity index (χ2v) is 7.71. The van der Waals surface area contributed by atoms with E-state index in [9.17, 15) is 9.59 Å². The van der Waals surface area contributed by atoms with Crippen LogP contribution in [0.1, 0.15) is 15.2 Å². The van der Waals surface area contributed by atoms with Gasteiger partial charge in [0, 0.05) is 40.3 Å². The lowest BCUT2D eigenvalue weighted by Crippen LogP contribution is -2.39. The van der Waals surface area contributed by atoms with Gasteiger partial charge in [-0.05, 0) is 24.7 Å². The maximum absolute atomic E-state index is 13.0. The number of ether oxygens (including phenoxy) is 1. The van der Waals surface area contributed by atoms with Crippen LogP contribution in [-0.2, 0) is 11.3 Å². The van der Waals surface area contributed by atoms with Gasteiger partial charge < -0.3 is 14.6 Å².